The summed E-state index contributed by atoms with van der Waals surface area (Å²) in [5.41, 5.74) is -0.593. The number of fused-ring (bicyclic) bond motifs is 5. The number of aliphatic hydroxyl groups is 2. The average molecular weight is 483 g/mol. The maximum Gasteiger partial charge on any atom is 0.417 e. The van der Waals surface area contributed by atoms with Gasteiger partial charge in [0.05, 0.1) is 6.10 Å². The second kappa shape index (κ2) is 8.50. The third-order valence-electron chi connectivity index (χ3n) is 12.1. The Balaban J connectivity index is 1.30. The van der Waals surface area contributed by atoms with E-state index in [1.54, 1.807) is 0 Å². The topological polar surface area (TPSA) is 40.5 Å². The molecule has 0 bridgehead atoms. The van der Waals surface area contributed by atoms with Crippen molar-refractivity contribution in [3.63, 3.8) is 0 Å². The molecular weight excluding hydrogens is 437 g/mol. The quantitative estimate of drug-likeness (QED) is 0.400. The molecule has 2 N–H and O–H groups in total. The van der Waals surface area contributed by atoms with E-state index in [9.17, 15) is 23.4 Å². The highest BCUT2D eigenvalue weighted by Gasteiger charge is 2.61. The van der Waals surface area contributed by atoms with E-state index in [0.29, 0.717) is 42.9 Å². The summed E-state index contributed by atoms with van der Waals surface area (Å²) in [6.07, 6.45) is 8.50. The van der Waals surface area contributed by atoms with Gasteiger partial charge in [-0.25, -0.2) is 0 Å². The van der Waals surface area contributed by atoms with Gasteiger partial charge < -0.3 is 10.2 Å². The summed E-state index contributed by atoms with van der Waals surface area (Å²) in [6, 6.07) is 0. The summed E-state index contributed by atoms with van der Waals surface area (Å²) in [4.78, 5) is 0. The van der Waals surface area contributed by atoms with Crippen LogP contribution in [0.25, 0.3) is 0 Å². The second-order valence-corrected chi connectivity index (χ2v) is 13.5. The first-order valence-corrected chi connectivity index (χ1v) is 14.1. The first kappa shape index (κ1) is 25.1. The Morgan fingerprint density at radius 1 is 1.03 bits per heavy atom. The van der Waals surface area contributed by atoms with Crippen molar-refractivity contribution in [2.75, 3.05) is 0 Å². The lowest BCUT2D eigenvalue weighted by atomic mass is 9.47. The first-order valence-electron chi connectivity index (χ1n) is 14.1. The van der Waals surface area contributed by atoms with Crippen LogP contribution in [0.15, 0.2) is 11.6 Å². The number of hydrogen-bond acceptors (Lipinski definition) is 2. The zero-order valence-corrected chi connectivity index (χ0v) is 21.3. The molecule has 0 amide bonds. The van der Waals surface area contributed by atoms with Crippen LogP contribution in [0.3, 0.4) is 0 Å². The van der Waals surface area contributed by atoms with Crippen molar-refractivity contribution in [2.45, 2.75) is 122 Å². The van der Waals surface area contributed by atoms with Crippen molar-refractivity contribution < 1.29 is 23.4 Å². The van der Waals surface area contributed by atoms with E-state index in [-0.39, 0.29) is 29.3 Å². The third-order valence-corrected chi connectivity index (χ3v) is 12.1. The van der Waals surface area contributed by atoms with Crippen LogP contribution in [-0.2, 0) is 0 Å². The van der Waals surface area contributed by atoms with Gasteiger partial charge in [-0.1, -0.05) is 38.8 Å². The van der Waals surface area contributed by atoms with Gasteiger partial charge in [-0.3, -0.25) is 0 Å². The SMILES string of the molecule is C[C@H](CCC(O)(C1CCC1)C(F)(F)F)[C@H]1CC[C@H]2[C@@H]3CC=C4C[C@@H](O)CC[C@]4(C)[C@H]3CC[C@]12C. The van der Waals surface area contributed by atoms with Crippen LogP contribution in [0.2, 0.25) is 0 Å². The molecule has 34 heavy (non-hydrogen) atoms. The van der Waals surface area contributed by atoms with Gasteiger partial charge in [0.2, 0.25) is 0 Å². The first-order chi connectivity index (χ1) is 15.9. The molecule has 9 atom stereocenters. The van der Waals surface area contributed by atoms with E-state index in [1.165, 1.54) is 24.8 Å². The Labute approximate surface area is 203 Å². The van der Waals surface area contributed by atoms with Gasteiger partial charge in [0.1, 0.15) is 0 Å². The zero-order chi connectivity index (χ0) is 24.5. The number of allylic oxidation sites excluding steroid dienone is 1. The fourth-order valence-corrected chi connectivity index (χ4v) is 9.73. The Hall–Kier alpha value is -0.550. The van der Waals surface area contributed by atoms with E-state index >= 15 is 0 Å². The van der Waals surface area contributed by atoms with Crippen LogP contribution in [0.4, 0.5) is 13.2 Å². The van der Waals surface area contributed by atoms with Gasteiger partial charge in [0.25, 0.3) is 0 Å². The molecule has 0 heterocycles. The number of aliphatic hydroxyl groups excluding tert-OH is 1. The molecule has 194 valence electrons. The van der Waals surface area contributed by atoms with E-state index in [0.717, 1.165) is 38.5 Å². The molecule has 0 aromatic carbocycles. The molecule has 4 saturated carbocycles. The van der Waals surface area contributed by atoms with Gasteiger partial charge in [-0.15, -0.1) is 0 Å². The molecular formula is C29H45F3O2. The summed E-state index contributed by atoms with van der Waals surface area (Å²) in [6.45, 7) is 7.04. The summed E-state index contributed by atoms with van der Waals surface area (Å²) < 4.78 is 41.6. The van der Waals surface area contributed by atoms with Crippen LogP contribution in [0.1, 0.15) is 104 Å². The molecule has 0 aromatic rings. The van der Waals surface area contributed by atoms with Crippen molar-refractivity contribution in [3.05, 3.63) is 11.6 Å². The van der Waals surface area contributed by atoms with Gasteiger partial charge in [-0.05, 0) is 123 Å². The molecule has 0 spiro atoms. The highest BCUT2D eigenvalue weighted by atomic mass is 19.4. The Bertz CT molecular complexity index is 804. The maximum atomic E-state index is 13.9. The lowest BCUT2D eigenvalue weighted by Crippen LogP contribution is -2.54. The largest absolute Gasteiger partial charge is 0.417 e. The van der Waals surface area contributed by atoms with Crippen molar-refractivity contribution >= 4 is 0 Å². The number of rotatable bonds is 5. The molecule has 1 unspecified atom stereocenters. The molecule has 0 aromatic heterocycles. The molecule has 5 heteroatoms. The van der Waals surface area contributed by atoms with Crippen molar-refractivity contribution in [1.82, 2.24) is 0 Å². The fourth-order valence-electron chi connectivity index (χ4n) is 9.73. The Morgan fingerprint density at radius 2 is 1.76 bits per heavy atom. The minimum atomic E-state index is -4.53. The molecule has 2 nitrogen and oxygen atoms in total. The van der Waals surface area contributed by atoms with Gasteiger partial charge >= 0.3 is 6.18 Å². The second-order valence-electron chi connectivity index (χ2n) is 13.5. The van der Waals surface area contributed by atoms with Crippen LogP contribution in [0.5, 0.6) is 0 Å². The lowest BCUT2D eigenvalue weighted by Gasteiger charge is -2.58. The minimum absolute atomic E-state index is 0.141. The van der Waals surface area contributed by atoms with E-state index < -0.39 is 17.7 Å². The lowest BCUT2D eigenvalue weighted by molar-refractivity contribution is -0.291. The molecule has 5 aliphatic carbocycles. The summed E-state index contributed by atoms with van der Waals surface area (Å²) in [5.74, 6) is 2.04. The monoisotopic (exact) mass is 482 g/mol. The number of halogens is 3. The van der Waals surface area contributed by atoms with Crippen molar-refractivity contribution in [3.8, 4) is 0 Å². The Morgan fingerprint density at radius 3 is 2.41 bits per heavy atom. The van der Waals surface area contributed by atoms with E-state index in [1.807, 2.05) is 0 Å². The molecule has 0 radical (unpaired) electrons. The van der Waals surface area contributed by atoms with E-state index in [4.69, 9.17) is 0 Å². The van der Waals surface area contributed by atoms with Crippen molar-refractivity contribution in [1.29, 1.82) is 0 Å². The third kappa shape index (κ3) is 3.73. The summed E-state index contributed by atoms with van der Waals surface area (Å²) >= 11 is 0. The summed E-state index contributed by atoms with van der Waals surface area (Å²) in [7, 11) is 0. The van der Waals surface area contributed by atoms with Crippen LogP contribution < -0.4 is 0 Å². The Kier molecular flexibility index (Phi) is 6.28. The molecule has 5 rings (SSSR count). The number of alkyl halides is 3. The normalized spacial score (nSPS) is 45.3. The predicted molar refractivity (Wildman–Crippen MR) is 128 cm³/mol. The average Bonchev–Trinajstić information content (AvgIpc) is 3.08. The highest BCUT2D eigenvalue weighted by molar-refractivity contribution is 5.25. The van der Waals surface area contributed by atoms with Crippen LogP contribution >= 0.6 is 0 Å². The van der Waals surface area contributed by atoms with Gasteiger partial charge in [0, 0.05) is 0 Å². The number of hydrogen-bond donors (Lipinski definition) is 2. The smallest absolute Gasteiger partial charge is 0.393 e. The molecule has 4 fully saturated rings. The van der Waals surface area contributed by atoms with Gasteiger partial charge in [-0.2, -0.15) is 13.2 Å². The van der Waals surface area contributed by atoms with E-state index in [2.05, 4.69) is 26.8 Å². The highest BCUT2D eigenvalue weighted by Crippen LogP contribution is 2.67. The standard InChI is InChI=1S/C29H45F3O2/c1-18(11-16-28(34,29(30,31)32)19-5-4-6-19)23-9-10-24-22-8-7-20-17-21(33)12-14-26(20,2)25(22)13-15-27(23,24)3/h7,18-19,21-25,33-34H,4-6,8-17H2,1-3H3/t18-,21+,22+,23-,24+,25+,26+,27-,28?/m1/s1. The van der Waals surface area contributed by atoms with Crippen LogP contribution in [-0.4, -0.2) is 28.1 Å². The zero-order valence-electron chi connectivity index (χ0n) is 21.3. The van der Waals surface area contributed by atoms with Gasteiger partial charge in [0.15, 0.2) is 5.60 Å². The molecule has 0 saturated heterocycles. The van der Waals surface area contributed by atoms with Crippen molar-refractivity contribution in [2.24, 2.45) is 46.3 Å². The molecule has 5 aliphatic rings. The minimum Gasteiger partial charge on any atom is -0.393 e. The maximum absolute atomic E-state index is 13.9. The molecule has 0 aliphatic heterocycles. The predicted octanol–water partition coefficient (Wildman–Crippen LogP) is 7.44. The van der Waals surface area contributed by atoms with Crippen LogP contribution in [0, 0.1) is 46.3 Å². The summed E-state index contributed by atoms with van der Waals surface area (Å²) in [5, 5.41) is 20.9. The fraction of sp³-hybridized carbons (Fsp3) is 0.931.